The largest absolute Gasteiger partial charge is 0.497 e. The Morgan fingerprint density at radius 1 is 1.12 bits per heavy atom. The molecule has 6 nitrogen and oxygen atoms in total. The Morgan fingerprint density at radius 3 is 2.19 bits per heavy atom. The van der Waals surface area contributed by atoms with Crippen molar-refractivity contribution >= 4 is 21.6 Å². The van der Waals surface area contributed by atoms with Crippen LogP contribution in [0.5, 0.6) is 5.75 Å². The van der Waals surface area contributed by atoms with Crippen molar-refractivity contribution in [1.82, 2.24) is 5.32 Å². The number of carbonyl (C=O) groups excluding carboxylic acids is 1. The fourth-order valence-electron chi connectivity index (χ4n) is 2.47. The fourth-order valence-corrected chi connectivity index (χ4v) is 2.97. The molecule has 0 aromatic heterocycles. The van der Waals surface area contributed by atoms with E-state index in [1.165, 1.54) is 11.4 Å². The molecule has 2 rings (SSSR count). The zero-order valence-electron chi connectivity index (χ0n) is 15.4. The first kappa shape index (κ1) is 19.8. The Hall–Kier alpha value is -2.54. The Balaban J connectivity index is 1.96. The van der Waals surface area contributed by atoms with Gasteiger partial charge in [-0.15, -0.1) is 0 Å². The maximum Gasteiger partial charge on any atom is 0.231 e. The van der Waals surface area contributed by atoms with Gasteiger partial charge < -0.3 is 10.1 Å². The van der Waals surface area contributed by atoms with E-state index in [4.69, 9.17) is 4.74 Å². The van der Waals surface area contributed by atoms with Crippen LogP contribution in [-0.2, 0) is 21.2 Å². The summed E-state index contributed by atoms with van der Waals surface area (Å²) in [6.45, 7) is 1.92. The van der Waals surface area contributed by atoms with Crippen molar-refractivity contribution in [3.05, 3.63) is 59.7 Å². The molecule has 0 aliphatic heterocycles. The van der Waals surface area contributed by atoms with Crippen LogP contribution < -0.4 is 14.4 Å². The SMILES string of the molecule is COc1ccc([C@H](C)NC(=O)Cc2ccc(N(C)S(C)(=O)=O)cc2)cc1. The van der Waals surface area contributed by atoms with E-state index in [-0.39, 0.29) is 18.4 Å². The second-order valence-electron chi connectivity index (χ2n) is 6.14. The normalized spacial score (nSPS) is 12.3. The maximum atomic E-state index is 12.3. The molecule has 140 valence electrons. The lowest BCUT2D eigenvalue weighted by atomic mass is 10.1. The molecule has 0 radical (unpaired) electrons. The van der Waals surface area contributed by atoms with Crippen LogP contribution in [-0.4, -0.2) is 34.7 Å². The molecule has 0 fully saturated rings. The molecule has 0 aliphatic rings. The number of nitrogens with zero attached hydrogens (tertiary/aromatic N) is 1. The van der Waals surface area contributed by atoms with E-state index in [0.29, 0.717) is 5.69 Å². The molecule has 1 atom stereocenters. The number of ether oxygens (including phenoxy) is 1. The summed E-state index contributed by atoms with van der Waals surface area (Å²) in [4.78, 5) is 12.3. The molecule has 7 heteroatoms. The topological polar surface area (TPSA) is 75.7 Å². The molecule has 2 aromatic carbocycles. The van der Waals surface area contributed by atoms with Crippen LogP contribution in [0, 0.1) is 0 Å². The van der Waals surface area contributed by atoms with Crippen molar-refractivity contribution in [2.45, 2.75) is 19.4 Å². The van der Waals surface area contributed by atoms with Gasteiger partial charge in [0.15, 0.2) is 0 Å². The summed E-state index contributed by atoms with van der Waals surface area (Å²) in [5.74, 6) is 0.670. The average molecular weight is 376 g/mol. The van der Waals surface area contributed by atoms with E-state index in [2.05, 4.69) is 5.32 Å². The van der Waals surface area contributed by atoms with Gasteiger partial charge in [0.2, 0.25) is 15.9 Å². The van der Waals surface area contributed by atoms with E-state index < -0.39 is 10.0 Å². The molecule has 1 N–H and O–H groups in total. The van der Waals surface area contributed by atoms with Gasteiger partial charge in [-0.2, -0.15) is 0 Å². The third-order valence-corrected chi connectivity index (χ3v) is 5.36. The van der Waals surface area contributed by atoms with Crippen molar-refractivity contribution in [1.29, 1.82) is 0 Å². The molecule has 0 saturated heterocycles. The van der Waals surface area contributed by atoms with Crippen LogP contribution in [0.25, 0.3) is 0 Å². The van der Waals surface area contributed by atoms with Crippen molar-refractivity contribution in [2.75, 3.05) is 24.7 Å². The molecule has 0 bridgehead atoms. The summed E-state index contributed by atoms with van der Waals surface area (Å²) in [6.07, 6.45) is 1.37. The number of amides is 1. The van der Waals surface area contributed by atoms with Crippen molar-refractivity contribution < 1.29 is 17.9 Å². The summed E-state index contributed by atoms with van der Waals surface area (Å²) >= 11 is 0. The highest BCUT2D eigenvalue weighted by Gasteiger charge is 2.13. The van der Waals surface area contributed by atoms with Crippen molar-refractivity contribution in [3.8, 4) is 5.75 Å². The van der Waals surface area contributed by atoms with Crippen LogP contribution in [0.15, 0.2) is 48.5 Å². The van der Waals surface area contributed by atoms with E-state index in [9.17, 15) is 13.2 Å². The van der Waals surface area contributed by atoms with Gasteiger partial charge in [-0.3, -0.25) is 9.10 Å². The van der Waals surface area contributed by atoms with Gasteiger partial charge in [-0.1, -0.05) is 24.3 Å². The predicted molar refractivity (Wildman–Crippen MR) is 103 cm³/mol. The Bertz CT molecular complexity index is 846. The number of benzene rings is 2. The number of hydrogen-bond donors (Lipinski definition) is 1. The number of sulfonamides is 1. The minimum atomic E-state index is -3.30. The van der Waals surface area contributed by atoms with Crippen LogP contribution in [0.4, 0.5) is 5.69 Å². The second kappa shape index (κ2) is 8.23. The Morgan fingerprint density at radius 2 is 1.69 bits per heavy atom. The summed E-state index contributed by atoms with van der Waals surface area (Å²) in [5, 5.41) is 2.96. The van der Waals surface area contributed by atoms with Gasteiger partial charge in [0, 0.05) is 7.05 Å². The van der Waals surface area contributed by atoms with E-state index in [0.717, 1.165) is 23.1 Å². The van der Waals surface area contributed by atoms with E-state index in [1.54, 1.807) is 31.4 Å². The van der Waals surface area contributed by atoms with Crippen molar-refractivity contribution in [3.63, 3.8) is 0 Å². The molecule has 26 heavy (non-hydrogen) atoms. The number of anilines is 1. The fraction of sp³-hybridized carbons (Fsp3) is 0.316. The number of nitrogens with one attached hydrogen (secondary N) is 1. The number of hydrogen-bond acceptors (Lipinski definition) is 4. The molecular weight excluding hydrogens is 352 g/mol. The van der Waals surface area contributed by atoms with Crippen molar-refractivity contribution in [2.24, 2.45) is 0 Å². The zero-order valence-corrected chi connectivity index (χ0v) is 16.2. The highest BCUT2D eigenvalue weighted by Crippen LogP contribution is 2.19. The summed E-state index contributed by atoms with van der Waals surface area (Å²) in [7, 11) is -0.194. The second-order valence-corrected chi connectivity index (χ2v) is 8.15. The standard InChI is InChI=1S/C19H24N2O4S/c1-14(16-7-11-18(25-3)12-8-16)20-19(22)13-15-5-9-17(10-6-15)21(2)26(4,23)24/h5-12,14H,13H2,1-4H3,(H,20,22)/t14-/m0/s1. The maximum absolute atomic E-state index is 12.3. The quantitative estimate of drug-likeness (QED) is 0.806. The molecule has 0 aliphatic carbocycles. The van der Waals surface area contributed by atoms with E-state index in [1.807, 2.05) is 31.2 Å². The third-order valence-electron chi connectivity index (χ3n) is 4.16. The molecule has 2 aromatic rings. The molecule has 0 spiro atoms. The molecule has 0 heterocycles. The van der Waals surface area contributed by atoms with Crippen LogP contribution in [0.2, 0.25) is 0 Å². The number of carbonyl (C=O) groups is 1. The first-order valence-electron chi connectivity index (χ1n) is 8.17. The highest BCUT2D eigenvalue weighted by molar-refractivity contribution is 7.92. The Labute approximate surface area is 154 Å². The first-order chi connectivity index (χ1) is 12.2. The van der Waals surface area contributed by atoms with E-state index >= 15 is 0 Å². The third kappa shape index (κ3) is 5.23. The minimum Gasteiger partial charge on any atom is -0.497 e. The van der Waals surface area contributed by atoms with Gasteiger partial charge in [0.05, 0.1) is 31.5 Å². The number of rotatable bonds is 7. The van der Waals surface area contributed by atoms with Gasteiger partial charge in [0.25, 0.3) is 0 Å². The van der Waals surface area contributed by atoms with Gasteiger partial charge >= 0.3 is 0 Å². The van der Waals surface area contributed by atoms with Gasteiger partial charge in [-0.05, 0) is 42.3 Å². The smallest absolute Gasteiger partial charge is 0.231 e. The van der Waals surface area contributed by atoms with Crippen LogP contribution >= 0.6 is 0 Å². The Kier molecular flexibility index (Phi) is 6.26. The van der Waals surface area contributed by atoms with Gasteiger partial charge in [0.1, 0.15) is 5.75 Å². The minimum absolute atomic E-state index is 0.0995. The van der Waals surface area contributed by atoms with Gasteiger partial charge in [-0.25, -0.2) is 8.42 Å². The summed E-state index contributed by atoms with van der Waals surface area (Å²) in [6, 6.07) is 14.3. The predicted octanol–water partition coefficient (Wildman–Crippen LogP) is 2.51. The van der Waals surface area contributed by atoms with Crippen LogP contribution in [0.1, 0.15) is 24.1 Å². The lowest BCUT2D eigenvalue weighted by Crippen LogP contribution is -2.28. The lowest BCUT2D eigenvalue weighted by Gasteiger charge is -2.17. The first-order valence-corrected chi connectivity index (χ1v) is 10.0. The molecular formula is C19H24N2O4S. The lowest BCUT2D eigenvalue weighted by molar-refractivity contribution is -0.121. The monoisotopic (exact) mass is 376 g/mol. The zero-order chi connectivity index (χ0) is 19.3. The molecule has 0 saturated carbocycles. The molecule has 1 amide bonds. The number of methoxy groups -OCH3 is 1. The highest BCUT2D eigenvalue weighted by atomic mass is 32.2. The van der Waals surface area contributed by atoms with Crippen LogP contribution in [0.3, 0.4) is 0 Å². The summed E-state index contributed by atoms with van der Waals surface area (Å²) in [5.41, 5.74) is 2.36. The average Bonchev–Trinajstić information content (AvgIpc) is 2.61. The molecule has 0 unspecified atom stereocenters. The summed E-state index contributed by atoms with van der Waals surface area (Å²) < 4.78 is 29.4.